The van der Waals surface area contributed by atoms with Gasteiger partial charge in [-0.2, -0.15) is 0 Å². The zero-order chi connectivity index (χ0) is 26.1. The lowest BCUT2D eigenvalue weighted by atomic mass is 10.0. The maximum absolute atomic E-state index is 13.9. The number of nitrogens with one attached hydrogen (secondary N) is 1. The highest BCUT2D eigenvalue weighted by Gasteiger charge is 2.34. The van der Waals surface area contributed by atoms with E-state index >= 15 is 0 Å². The Morgan fingerprint density at radius 1 is 1.11 bits per heavy atom. The molecule has 9 heteroatoms. The molecule has 3 heterocycles. The highest BCUT2D eigenvalue weighted by Crippen LogP contribution is 2.45. The van der Waals surface area contributed by atoms with Gasteiger partial charge < -0.3 is 24.4 Å². The molecule has 1 saturated heterocycles. The summed E-state index contributed by atoms with van der Waals surface area (Å²) in [5.74, 6) is 1.71. The van der Waals surface area contributed by atoms with Crippen LogP contribution in [0.3, 0.4) is 0 Å². The van der Waals surface area contributed by atoms with E-state index in [2.05, 4.69) is 30.4 Å². The Hall–Kier alpha value is -3.59. The fourth-order valence-electron chi connectivity index (χ4n) is 5.05. The van der Waals surface area contributed by atoms with Crippen LogP contribution < -0.4 is 19.5 Å². The van der Waals surface area contributed by atoms with Crippen molar-refractivity contribution in [3.63, 3.8) is 0 Å². The van der Waals surface area contributed by atoms with Gasteiger partial charge in [-0.25, -0.2) is 9.78 Å². The molecule has 1 atom stereocenters. The summed E-state index contributed by atoms with van der Waals surface area (Å²) < 4.78 is 16.7. The number of likely N-dealkylation sites (tertiary alicyclic amines) is 1. The van der Waals surface area contributed by atoms with Crippen molar-refractivity contribution in [3.05, 3.63) is 58.7 Å². The Kier molecular flexibility index (Phi) is 6.93. The standard InChI is InChI=1S/C29H31N3O5S/c1-18-6-4-7-20(16-18)26-24(31-27(38-26)19-11-12-19)28(33)32-13-3-2-8-21(32)17-30-29(34)37-23-10-5-9-22-25(23)36-15-14-35-22/h4-7,9-10,16,19,21H,2-3,8,11-15,17H2,1H3,(H,30,34)/t21-/m0/s1. The molecule has 2 fully saturated rings. The van der Waals surface area contributed by atoms with Gasteiger partial charge in [-0.1, -0.05) is 35.9 Å². The molecule has 38 heavy (non-hydrogen) atoms. The van der Waals surface area contributed by atoms with Crippen molar-refractivity contribution in [2.45, 2.75) is 51.0 Å². The summed E-state index contributed by atoms with van der Waals surface area (Å²) in [5, 5.41) is 3.92. The number of thiazole rings is 1. The molecule has 0 unspecified atom stereocenters. The van der Waals surface area contributed by atoms with Crippen LogP contribution in [0, 0.1) is 6.92 Å². The first-order valence-electron chi connectivity index (χ1n) is 13.3. The summed E-state index contributed by atoms with van der Waals surface area (Å²) in [6, 6.07) is 13.3. The van der Waals surface area contributed by atoms with E-state index in [9.17, 15) is 9.59 Å². The van der Waals surface area contributed by atoms with Gasteiger partial charge in [0.05, 0.1) is 9.88 Å². The lowest BCUT2D eigenvalue weighted by molar-refractivity contribution is 0.0607. The van der Waals surface area contributed by atoms with E-state index in [1.165, 1.54) is 0 Å². The normalized spacial score (nSPS) is 18.7. The average molecular weight is 534 g/mol. The van der Waals surface area contributed by atoms with Crippen molar-refractivity contribution >= 4 is 23.3 Å². The van der Waals surface area contributed by atoms with Gasteiger partial charge in [0.25, 0.3) is 5.91 Å². The molecule has 1 N–H and O–H groups in total. The predicted octanol–water partition coefficient (Wildman–Crippen LogP) is 5.55. The summed E-state index contributed by atoms with van der Waals surface area (Å²) in [6.45, 7) is 3.86. The second-order valence-electron chi connectivity index (χ2n) is 10.1. The molecule has 0 radical (unpaired) electrons. The number of carbonyl (C=O) groups is 2. The van der Waals surface area contributed by atoms with Gasteiger partial charge in [0, 0.05) is 25.0 Å². The van der Waals surface area contributed by atoms with E-state index in [1.807, 2.05) is 11.0 Å². The molecule has 0 bridgehead atoms. The highest BCUT2D eigenvalue weighted by atomic mass is 32.1. The van der Waals surface area contributed by atoms with Crippen molar-refractivity contribution in [2.24, 2.45) is 0 Å². The Bertz CT molecular complexity index is 1350. The number of aryl methyl sites for hydroxylation is 1. The summed E-state index contributed by atoms with van der Waals surface area (Å²) >= 11 is 1.65. The van der Waals surface area contributed by atoms with Gasteiger partial charge >= 0.3 is 6.09 Å². The first kappa shape index (κ1) is 24.7. The van der Waals surface area contributed by atoms with E-state index in [0.717, 1.165) is 53.1 Å². The summed E-state index contributed by atoms with van der Waals surface area (Å²) in [4.78, 5) is 34.3. The van der Waals surface area contributed by atoms with Crippen molar-refractivity contribution < 1.29 is 23.8 Å². The number of hydrogen-bond donors (Lipinski definition) is 1. The van der Waals surface area contributed by atoms with Crippen LogP contribution in [-0.4, -0.2) is 54.2 Å². The molecule has 198 valence electrons. The number of para-hydroxylation sites is 1. The molecular weight excluding hydrogens is 502 g/mol. The van der Waals surface area contributed by atoms with E-state index in [-0.39, 0.29) is 11.9 Å². The van der Waals surface area contributed by atoms with Crippen LogP contribution in [0.1, 0.15) is 59.1 Å². The first-order valence-corrected chi connectivity index (χ1v) is 14.1. The van der Waals surface area contributed by atoms with Crippen LogP contribution in [-0.2, 0) is 0 Å². The lowest BCUT2D eigenvalue weighted by Gasteiger charge is -2.35. The maximum Gasteiger partial charge on any atom is 0.412 e. The molecule has 2 amide bonds. The van der Waals surface area contributed by atoms with Crippen molar-refractivity contribution in [1.82, 2.24) is 15.2 Å². The van der Waals surface area contributed by atoms with Gasteiger partial charge in [0.15, 0.2) is 11.5 Å². The molecule has 1 aromatic heterocycles. The molecule has 3 aromatic rings. The Morgan fingerprint density at radius 2 is 1.95 bits per heavy atom. The van der Waals surface area contributed by atoms with Crippen LogP contribution in [0.4, 0.5) is 4.79 Å². The minimum absolute atomic E-state index is 0.0628. The van der Waals surface area contributed by atoms with Crippen molar-refractivity contribution in [1.29, 1.82) is 0 Å². The van der Waals surface area contributed by atoms with Gasteiger partial charge in [-0.15, -0.1) is 11.3 Å². The smallest absolute Gasteiger partial charge is 0.412 e. The number of piperidine rings is 1. The minimum Gasteiger partial charge on any atom is -0.486 e. The SMILES string of the molecule is Cc1cccc(-c2sc(C3CC3)nc2C(=O)N2CCCC[C@H]2CNC(=O)Oc2cccc3c2OCCO3)c1. The maximum atomic E-state index is 13.9. The zero-order valence-corrected chi connectivity index (χ0v) is 22.2. The molecular formula is C29H31N3O5S. The van der Waals surface area contributed by atoms with Gasteiger partial charge in [-0.05, 0) is 56.7 Å². The molecule has 8 nitrogen and oxygen atoms in total. The number of nitrogens with zero attached hydrogens (tertiary/aromatic N) is 2. The Labute approximate surface area is 225 Å². The third-order valence-corrected chi connectivity index (χ3v) is 8.42. The number of fused-ring (bicyclic) bond motifs is 1. The topological polar surface area (TPSA) is 90.0 Å². The van der Waals surface area contributed by atoms with Crippen LogP contribution in [0.25, 0.3) is 10.4 Å². The molecule has 3 aliphatic rings. The van der Waals surface area contributed by atoms with Crippen molar-refractivity contribution in [2.75, 3.05) is 26.3 Å². The number of carbonyl (C=O) groups excluding carboxylic acids is 2. The second kappa shape index (κ2) is 10.6. The molecule has 2 aliphatic heterocycles. The highest BCUT2D eigenvalue weighted by molar-refractivity contribution is 7.15. The van der Waals surface area contributed by atoms with Crippen LogP contribution in [0.5, 0.6) is 17.2 Å². The number of hydrogen-bond acceptors (Lipinski definition) is 7. The van der Waals surface area contributed by atoms with E-state index in [4.69, 9.17) is 19.2 Å². The van der Waals surface area contributed by atoms with E-state index in [1.54, 1.807) is 29.5 Å². The summed E-state index contributed by atoms with van der Waals surface area (Å²) in [7, 11) is 0. The fraction of sp³-hybridized carbons (Fsp3) is 0.414. The van der Waals surface area contributed by atoms with Crippen LogP contribution >= 0.6 is 11.3 Å². The van der Waals surface area contributed by atoms with E-state index in [0.29, 0.717) is 55.2 Å². The number of aromatic nitrogens is 1. The Morgan fingerprint density at radius 3 is 2.79 bits per heavy atom. The average Bonchev–Trinajstić information content (AvgIpc) is 3.70. The first-order chi connectivity index (χ1) is 18.6. The fourth-order valence-corrected chi connectivity index (χ4v) is 6.27. The summed E-state index contributed by atoms with van der Waals surface area (Å²) in [6.07, 6.45) is 4.42. The van der Waals surface area contributed by atoms with Crippen molar-refractivity contribution in [3.8, 4) is 27.7 Å². The molecule has 1 aliphatic carbocycles. The Balaban J connectivity index is 1.17. The van der Waals surface area contributed by atoms with Gasteiger partial charge in [0.1, 0.15) is 18.9 Å². The monoisotopic (exact) mass is 533 g/mol. The number of ether oxygens (including phenoxy) is 3. The van der Waals surface area contributed by atoms with E-state index < -0.39 is 6.09 Å². The van der Waals surface area contributed by atoms with Gasteiger partial charge in [-0.3, -0.25) is 4.79 Å². The predicted molar refractivity (Wildman–Crippen MR) is 144 cm³/mol. The quantitative estimate of drug-likeness (QED) is 0.447. The summed E-state index contributed by atoms with van der Waals surface area (Å²) in [5.41, 5.74) is 2.72. The number of amides is 2. The lowest BCUT2D eigenvalue weighted by Crippen LogP contribution is -2.50. The third-order valence-electron chi connectivity index (χ3n) is 7.16. The molecule has 0 spiro atoms. The molecule has 1 saturated carbocycles. The number of rotatable bonds is 6. The molecule has 2 aromatic carbocycles. The minimum atomic E-state index is -0.587. The number of benzene rings is 2. The molecule has 6 rings (SSSR count). The van der Waals surface area contributed by atoms with Crippen LogP contribution in [0.2, 0.25) is 0 Å². The zero-order valence-electron chi connectivity index (χ0n) is 21.4. The van der Waals surface area contributed by atoms with Crippen LogP contribution in [0.15, 0.2) is 42.5 Å². The van der Waals surface area contributed by atoms with Gasteiger partial charge in [0.2, 0.25) is 5.75 Å². The second-order valence-corrected chi connectivity index (χ2v) is 11.1. The third kappa shape index (κ3) is 5.20. The largest absolute Gasteiger partial charge is 0.486 e.